The quantitative estimate of drug-likeness (QED) is 0.656. The fraction of sp³-hybridized carbons (Fsp3) is 0.333. The molecule has 8 heteroatoms. The molecule has 1 atom stereocenters. The molecule has 0 bridgehead atoms. The van der Waals surface area contributed by atoms with Gasteiger partial charge in [0.2, 0.25) is 5.95 Å². The van der Waals surface area contributed by atoms with Gasteiger partial charge in [-0.25, -0.2) is 4.98 Å². The molecule has 3 aromatic rings. The van der Waals surface area contributed by atoms with Crippen LogP contribution in [0.4, 0.5) is 11.8 Å². The summed E-state index contributed by atoms with van der Waals surface area (Å²) >= 11 is 0. The summed E-state index contributed by atoms with van der Waals surface area (Å²) in [7, 11) is 0. The topological polar surface area (TPSA) is 123 Å². The summed E-state index contributed by atoms with van der Waals surface area (Å²) in [4.78, 5) is 22.4. The molecule has 4 heterocycles. The highest BCUT2D eigenvalue weighted by atomic mass is 15.2. The van der Waals surface area contributed by atoms with Crippen molar-refractivity contribution in [1.29, 1.82) is 0 Å². The second-order valence-corrected chi connectivity index (χ2v) is 5.86. The number of pyridine rings is 1. The number of anilines is 2. The molecule has 3 aromatic heterocycles. The fourth-order valence-corrected chi connectivity index (χ4v) is 3.09. The molecule has 0 saturated carbocycles. The van der Waals surface area contributed by atoms with E-state index >= 15 is 0 Å². The highest BCUT2D eigenvalue weighted by Gasteiger charge is 2.27. The van der Waals surface area contributed by atoms with E-state index in [0.717, 1.165) is 31.9 Å². The Bertz CT molecular complexity index is 828. The van der Waals surface area contributed by atoms with Gasteiger partial charge in [-0.3, -0.25) is 9.88 Å². The third-order valence-electron chi connectivity index (χ3n) is 4.23. The zero-order valence-electron chi connectivity index (χ0n) is 12.6. The number of nitrogens with one attached hydrogen (secondary N) is 1. The Hall–Kier alpha value is -2.74. The Morgan fingerprint density at radius 2 is 2.00 bits per heavy atom. The molecule has 0 aliphatic carbocycles. The number of fused-ring (bicyclic) bond motifs is 1. The van der Waals surface area contributed by atoms with Crippen LogP contribution < -0.4 is 11.5 Å². The van der Waals surface area contributed by atoms with E-state index in [4.69, 9.17) is 11.5 Å². The van der Waals surface area contributed by atoms with Crippen molar-refractivity contribution in [3.63, 3.8) is 0 Å². The third-order valence-corrected chi connectivity index (χ3v) is 4.23. The van der Waals surface area contributed by atoms with Crippen LogP contribution in [0.25, 0.3) is 11.2 Å². The number of aromatic amines is 1. The van der Waals surface area contributed by atoms with Crippen molar-refractivity contribution < 1.29 is 0 Å². The Labute approximate surface area is 133 Å². The molecule has 0 radical (unpaired) electrons. The summed E-state index contributed by atoms with van der Waals surface area (Å²) < 4.78 is 0. The van der Waals surface area contributed by atoms with Gasteiger partial charge in [0.05, 0.1) is 0 Å². The number of likely N-dealkylation sites (tertiary alicyclic amines) is 1. The van der Waals surface area contributed by atoms with Gasteiger partial charge >= 0.3 is 0 Å². The van der Waals surface area contributed by atoms with Crippen LogP contribution in [0.2, 0.25) is 0 Å². The summed E-state index contributed by atoms with van der Waals surface area (Å²) in [5, 5.41) is 0. The maximum Gasteiger partial charge on any atom is 0.224 e. The average Bonchev–Trinajstić information content (AvgIpc) is 3.15. The smallest absolute Gasteiger partial charge is 0.224 e. The lowest BCUT2D eigenvalue weighted by Gasteiger charge is -2.15. The van der Waals surface area contributed by atoms with Crippen molar-refractivity contribution in [2.75, 3.05) is 24.6 Å². The van der Waals surface area contributed by atoms with Crippen molar-refractivity contribution in [1.82, 2.24) is 29.8 Å². The molecule has 1 unspecified atom stereocenters. The zero-order chi connectivity index (χ0) is 15.8. The Morgan fingerprint density at radius 3 is 2.83 bits per heavy atom. The predicted molar refractivity (Wildman–Crippen MR) is 87.4 cm³/mol. The van der Waals surface area contributed by atoms with Gasteiger partial charge < -0.3 is 16.5 Å². The van der Waals surface area contributed by atoms with E-state index in [9.17, 15) is 0 Å². The maximum absolute atomic E-state index is 5.88. The fourth-order valence-electron chi connectivity index (χ4n) is 3.09. The minimum atomic E-state index is 0.152. The Morgan fingerprint density at radius 1 is 1.17 bits per heavy atom. The Kier molecular flexibility index (Phi) is 3.30. The van der Waals surface area contributed by atoms with E-state index in [-0.39, 0.29) is 5.95 Å². The first-order valence-corrected chi connectivity index (χ1v) is 7.59. The number of H-pyrrole nitrogens is 1. The molecule has 4 rings (SSSR count). The first-order valence-electron chi connectivity index (χ1n) is 7.59. The number of hydrogen-bond acceptors (Lipinski definition) is 7. The monoisotopic (exact) mass is 310 g/mol. The molecule has 8 nitrogen and oxygen atoms in total. The lowest BCUT2D eigenvalue weighted by Crippen LogP contribution is -2.19. The molecule has 1 fully saturated rings. The number of nitrogens with two attached hydrogens (primary N) is 2. The molecule has 5 N–H and O–H groups in total. The van der Waals surface area contributed by atoms with Gasteiger partial charge in [-0.05, 0) is 30.7 Å². The minimum Gasteiger partial charge on any atom is -0.382 e. The second kappa shape index (κ2) is 5.47. The molecule has 0 aromatic carbocycles. The van der Waals surface area contributed by atoms with Gasteiger partial charge in [-0.2, -0.15) is 9.97 Å². The molecule has 1 saturated heterocycles. The number of nitrogens with zero attached hydrogens (tertiary/aromatic N) is 5. The van der Waals surface area contributed by atoms with Gasteiger partial charge in [0.1, 0.15) is 11.3 Å². The predicted octanol–water partition coefficient (Wildman–Crippen LogP) is 0.902. The van der Waals surface area contributed by atoms with Crippen LogP contribution >= 0.6 is 0 Å². The van der Waals surface area contributed by atoms with Gasteiger partial charge in [0, 0.05) is 31.4 Å². The molecule has 1 aliphatic rings. The SMILES string of the molecule is Nc1nc(N)c2[nH]c(C3CCN(Cc4ccncc4)C3)nc2n1. The molecular weight excluding hydrogens is 292 g/mol. The van der Waals surface area contributed by atoms with E-state index in [0.29, 0.717) is 22.9 Å². The number of hydrogen-bond donors (Lipinski definition) is 3. The summed E-state index contributed by atoms with van der Waals surface area (Å²) in [5.41, 5.74) is 14.0. The third kappa shape index (κ3) is 2.68. The standard InChI is InChI=1S/C15H18N8/c16-12-11-14(22-15(17)20-12)21-13(19-11)10-3-6-23(8-10)7-9-1-4-18-5-2-9/h1-2,4-5,10H,3,6-8H2,(H5,16,17,19,20,21,22). The van der Waals surface area contributed by atoms with Crippen molar-refractivity contribution in [2.45, 2.75) is 18.9 Å². The first kappa shape index (κ1) is 13.9. The van der Waals surface area contributed by atoms with Crippen LogP contribution in [-0.2, 0) is 6.54 Å². The van der Waals surface area contributed by atoms with Crippen LogP contribution in [0.1, 0.15) is 23.7 Å². The van der Waals surface area contributed by atoms with Crippen LogP contribution in [0.3, 0.4) is 0 Å². The van der Waals surface area contributed by atoms with Gasteiger partial charge in [0.25, 0.3) is 0 Å². The summed E-state index contributed by atoms with van der Waals surface area (Å²) in [6.45, 7) is 2.91. The van der Waals surface area contributed by atoms with Gasteiger partial charge in [-0.1, -0.05) is 0 Å². The molecule has 1 aliphatic heterocycles. The summed E-state index contributed by atoms with van der Waals surface area (Å²) in [6, 6.07) is 4.10. The van der Waals surface area contributed by atoms with Crippen LogP contribution in [0.5, 0.6) is 0 Å². The van der Waals surface area contributed by atoms with Crippen molar-refractivity contribution in [3.8, 4) is 0 Å². The number of imidazole rings is 1. The normalized spacial score (nSPS) is 18.7. The van der Waals surface area contributed by atoms with E-state index in [1.165, 1.54) is 5.56 Å². The van der Waals surface area contributed by atoms with Crippen molar-refractivity contribution in [3.05, 3.63) is 35.9 Å². The summed E-state index contributed by atoms with van der Waals surface area (Å²) in [6.07, 6.45) is 4.70. The lowest BCUT2D eigenvalue weighted by atomic mass is 10.1. The number of rotatable bonds is 3. The van der Waals surface area contributed by atoms with E-state index in [2.05, 4.69) is 29.8 Å². The molecular formula is C15H18N8. The highest BCUT2D eigenvalue weighted by molar-refractivity contribution is 5.82. The second-order valence-electron chi connectivity index (χ2n) is 5.86. The first-order chi connectivity index (χ1) is 11.2. The lowest BCUT2D eigenvalue weighted by molar-refractivity contribution is 0.326. The van der Waals surface area contributed by atoms with Gasteiger partial charge in [-0.15, -0.1) is 0 Å². The number of nitrogen functional groups attached to an aromatic ring is 2. The van der Waals surface area contributed by atoms with E-state index < -0.39 is 0 Å². The van der Waals surface area contributed by atoms with E-state index in [1.807, 2.05) is 24.5 Å². The van der Waals surface area contributed by atoms with Crippen molar-refractivity contribution >= 4 is 22.9 Å². The molecule has 23 heavy (non-hydrogen) atoms. The van der Waals surface area contributed by atoms with Crippen LogP contribution in [0, 0.1) is 0 Å². The average molecular weight is 310 g/mol. The molecule has 0 spiro atoms. The molecule has 0 amide bonds. The molecule has 118 valence electrons. The zero-order valence-corrected chi connectivity index (χ0v) is 12.6. The Balaban J connectivity index is 1.52. The minimum absolute atomic E-state index is 0.152. The van der Waals surface area contributed by atoms with Crippen LogP contribution in [-0.4, -0.2) is 42.9 Å². The van der Waals surface area contributed by atoms with E-state index in [1.54, 1.807) is 0 Å². The maximum atomic E-state index is 5.88. The number of aromatic nitrogens is 5. The summed E-state index contributed by atoms with van der Waals surface area (Å²) in [5.74, 6) is 1.74. The van der Waals surface area contributed by atoms with Crippen molar-refractivity contribution in [2.24, 2.45) is 0 Å². The van der Waals surface area contributed by atoms with Gasteiger partial charge in [0.15, 0.2) is 11.5 Å². The largest absolute Gasteiger partial charge is 0.382 e. The highest BCUT2D eigenvalue weighted by Crippen LogP contribution is 2.28. The van der Waals surface area contributed by atoms with Crippen LogP contribution in [0.15, 0.2) is 24.5 Å².